The number of nitrogens with zero attached hydrogens (tertiary/aromatic N) is 6. The summed E-state index contributed by atoms with van der Waals surface area (Å²) in [4.78, 5) is 8.57. The number of aromatic nitrogens is 6. The van der Waals surface area contributed by atoms with Crippen LogP contribution in [0.4, 0.5) is 5.13 Å². The first kappa shape index (κ1) is 15.6. The van der Waals surface area contributed by atoms with Crippen molar-refractivity contribution in [3.8, 4) is 0 Å². The summed E-state index contributed by atoms with van der Waals surface area (Å²) in [6, 6.07) is 0. The van der Waals surface area contributed by atoms with Crippen LogP contribution in [0.15, 0.2) is 20.3 Å². The smallest absolute Gasteiger partial charge is 0.206 e. The number of anilines is 1. The van der Waals surface area contributed by atoms with Crippen molar-refractivity contribution in [3.05, 3.63) is 10.9 Å². The number of methoxy groups -OCH3 is 1. The SMILES string of the molecule is COCCNc1nnc(Sc2ncnc3c2c(Br)nn3C)s1. The Kier molecular flexibility index (Phi) is 4.86. The van der Waals surface area contributed by atoms with E-state index in [0.717, 1.165) is 30.1 Å². The monoisotopic (exact) mass is 401 g/mol. The van der Waals surface area contributed by atoms with E-state index < -0.39 is 0 Å². The molecule has 0 unspecified atom stereocenters. The number of halogens is 1. The van der Waals surface area contributed by atoms with Crippen LogP contribution in [0.1, 0.15) is 0 Å². The minimum absolute atomic E-state index is 0.622. The van der Waals surface area contributed by atoms with E-state index in [1.807, 2.05) is 7.05 Å². The molecule has 0 aromatic carbocycles. The molecule has 0 aliphatic heterocycles. The Morgan fingerprint density at radius 2 is 2.27 bits per heavy atom. The van der Waals surface area contributed by atoms with Crippen LogP contribution in [0.25, 0.3) is 11.0 Å². The summed E-state index contributed by atoms with van der Waals surface area (Å²) in [7, 11) is 3.51. The molecule has 0 saturated carbocycles. The topological polar surface area (TPSA) is 90.6 Å². The lowest BCUT2D eigenvalue weighted by molar-refractivity contribution is 0.211. The van der Waals surface area contributed by atoms with E-state index in [9.17, 15) is 0 Å². The van der Waals surface area contributed by atoms with Gasteiger partial charge in [-0.1, -0.05) is 11.3 Å². The first-order valence-electron chi connectivity index (χ1n) is 6.26. The third-order valence-corrected chi connectivity index (χ3v) is 5.21. The van der Waals surface area contributed by atoms with Crippen LogP contribution in [-0.2, 0) is 11.8 Å². The van der Waals surface area contributed by atoms with Crippen LogP contribution in [0, 0.1) is 0 Å². The maximum absolute atomic E-state index is 4.99. The highest BCUT2D eigenvalue weighted by atomic mass is 79.9. The van der Waals surface area contributed by atoms with Gasteiger partial charge in [-0.15, -0.1) is 10.2 Å². The van der Waals surface area contributed by atoms with Crippen molar-refractivity contribution in [1.82, 2.24) is 29.9 Å². The molecule has 3 rings (SSSR count). The Morgan fingerprint density at radius 1 is 1.41 bits per heavy atom. The standard InChI is InChI=1S/C11H12BrN7OS2/c1-19-8-6(7(12)18-19)9(15-5-14-8)21-11-17-16-10(22-11)13-3-4-20-2/h5H,3-4H2,1-2H3,(H,13,16). The van der Waals surface area contributed by atoms with E-state index in [0.29, 0.717) is 13.2 Å². The summed E-state index contributed by atoms with van der Waals surface area (Å²) in [5.74, 6) is 0. The molecule has 0 radical (unpaired) electrons. The maximum atomic E-state index is 4.99. The Hall–Kier alpha value is -1.30. The zero-order valence-electron chi connectivity index (χ0n) is 11.8. The summed E-state index contributed by atoms with van der Waals surface area (Å²) < 4.78 is 8.22. The van der Waals surface area contributed by atoms with Gasteiger partial charge >= 0.3 is 0 Å². The molecule has 0 amide bonds. The fraction of sp³-hybridized carbons (Fsp3) is 0.364. The molecular formula is C11H12BrN7OS2. The Bertz CT molecular complexity index is 790. The van der Waals surface area contributed by atoms with E-state index in [-0.39, 0.29) is 0 Å². The summed E-state index contributed by atoms with van der Waals surface area (Å²) in [5.41, 5.74) is 0.771. The number of rotatable bonds is 6. The Morgan fingerprint density at radius 3 is 3.09 bits per heavy atom. The van der Waals surface area contributed by atoms with Gasteiger partial charge in [-0.25, -0.2) is 14.6 Å². The molecule has 3 heterocycles. The molecule has 0 aliphatic rings. The largest absolute Gasteiger partial charge is 0.383 e. The second-order valence-electron chi connectivity index (χ2n) is 4.19. The van der Waals surface area contributed by atoms with E-state index >= 15 is 0 Å². The molecule has 1 N–H and O–H groups in total. The quantitative estimate of drug-likeness (QED) is 0.496. The van der Waals surface area contributed by atoms with E-state index in [2.05, 4.69) is 46.5 Å². The lowest BCUT2D eigenvalue weighted by Crippen LogP contribution is -2.06. The highest BCUT2D eigenvalue weighted by Gasteiger charge is 2.16. The van der Waals surface area contributed by atoms with Crippen LogP contribution in [0.5, 0.6) is 0 Å². The van der Waals surface area contributed by atoms with Crippen molar-refractivity contribution in [2.75, 3.05) is 25.6 Å². The van der Waals surface area contributed by atoms with Gasteiger partial charge in [-0.05, 0) is 27.7 Å². The molecule has 116 valence electrons. The van der Waals surface area contributed by atoms with Gasteiger partial charge in [0.1, 0.15) is 16.0 Å². The molecule has 11 heteroatoms. The number of ether oxygens (including phenoxy) is 1. The van der Waals surface area contributed by atoms with Crippen molar-refractivity contribution in [2.45, 2.75) is 9.37 Å². The molecule has 0 aliphatic carbocycles. The number of aryl methyl sites for hydroxylation is 1. The van der Waals surface area contributed by atoms with Gasteiger partial charge in [0.25, 0.3) is 0 Å². The van der Waals surface area contributed by atoms with Crippen molar-refractivity contribution in [3.63, 3.8) is 0 Å². The fourth-order valence-electron chi connectivity index (χ4n) is 1.76. The lowest BCUT2D eigenvalue weighted by Gasteiger charge is -1.99. The van der Waals surface area contributed by atoms with Crippen LogP contribution in [0.2, 0.25) is 0 Å². The predicted octanol–water partition coefficient (Wildman–Crippen LogP) is 2.19. The van der Waals surface area contributed by atoms with Gasteiger partial charge in [0.05, 0.1) is 12.0 Å². The van der Waals surface area contributed by atoms with Crippen molar-refractivity contribution < 1.29 is 4.74 Å². The summed E-state index contributed by atoms with van der Waals surface area (Å²) in [6.45, 7) is 1.32. The molecule has 0 bridgehead atoms. The van der Waals surface area contributed by atoms with Crippen molar-refractivity contribution in [1.29, 1.82) is 0 Å². The van der Waals surface area contributed by atoms with Crippen LogP contribution in [-0.4, -0.2) is 50.2 Å². The first-order chi connectivity index (χ1) is 10.7. The predicted molar refractivity (Wildman–Crippen MR) is 88.4 cm³/mol. The molecule has 0 spiro atoms. The molecular weight excluding hydrogens is 390 g/mol. The van der Waals surface area contributed by atoms with E-state index in [1.165, 1.54) is 29.4 Å². The van der Waals surface area contributed by atoms with Gasteiger partial charge in [-0.2, -0.15) is 5.10 Å². The average molecular weight is 402 g/mol. The number of fused-ring (bicyclic) bond motifs is 1. The number of hydrogen-bond acceptors (Lipinski definition) is 9. The summed E-state index contributed by atoms with van der Waals surface area (Å²) in [5, 5.41) is 18.1. The Balaban J connectivity index is 1.81. The highest BCUT2D eigenvalue weighted by Crippen LogP contribution is 2.36. The van der Waals surface area contributed by atoms with Crippen LogP contribution < -0.4 is 5.32 Å². The molecule has 0 saturated heterocycles. The van der Waals surface area contributed by atoms with Crippen molar-refractivity contribution >= 4 is 55.2 Å². The summed E-state index contributed by atoms with van der Waals surface area (Å²) in [6.07, 6.45) is 1.53. The van der Waals surface area contributed by atoms with Gasteiger partial charge in [0.2, 0.25) is 5.13 Å². The zero-order chi connectivity index (χ0) is 15.5. The van der Waals surface area contributed by atoms with E-state index in [4.69, 9.17) is 4.74 Å². The van der Waals surface area contributed by atoms with Crippen molar-refractivity contribution in [2.24, 2.45) is 7.05 Å². The molecule has 3 aromatic rings. The van der Waals surface area contributed by atoms with Gasteiger partial charge in [0.15, 0.2) is 9.99 Å². The minimum Gasteiger partial charge on any atom is -0.383 e. The third-order valence-electron chi connectivity index (χ3n) is 2.72. The lowest BCUT2D eigenvalue weighted by atomic mass is 10.4. The maximum Gasteiger partial charge on any atom is 0.206 e. The van der Waals surface area contributed by atoms with Crippen LogP contribution >= 0.6 is 39.0 Å². The molecule has 3 aromatic heterocycles. The Labute approximate surface area is 142 Å². The molecule has 22 heavy (non-hydrogen) atoms. The third kappa shape index (κ3) is 3.21. The average Bonchev–Trinajstić information content (AvgIpc) is 3.05. The fourth-order valence-corrected chi connectivity index (χ4v) is 4.27. The first-order valence-corrected chi connectivity index (χ1v) is 8.69. The number of hydrogen-bond donors (Lipinski definition) is 1. The normalized spacial score (nSPS) is 11.2. The van der Waals surface area contributed by atoms with Crippen LogP contribution in [0.3, 0.4) is 0 Å². The molecule has 0 atom stereocenters. The molecule has 0 fully saturated rings. The molecule has 8 nitrogen and oxygen atoms in total. The minimum atomic E-state index is 0.622. The van der Waals surface area contributed by atoms with Gasteiger partial charge < -0.3 is 10.1 Å². The summed E-state index contributed by atoms with van der Waals surface area (Å²) >= 11 is 6.36. The number of nitrogens with one attached hydrogen (secondary N) is 1. The van der Waals surface area contributed by atoms with E-state index in [1.54, 1.807) is 11.8 Å². The van der Waals surface area contributed by atoms with Gasteiger partial charge in [0, 0.05) is 20.7 Å². The second-order valence-corrected chi connectivity index (χ2v) is 7.15. The second kappa shape index (κ2) is 6.86. The van der Waals surface area contributed by atoms with Gasteiger partial charge in [-0.3, -0.25) is 0 Å². The zero-order valence-corrected chi connectivity index (χ0v) is 15.0. The highest BCUT2D eigenvalue weighted by molar-refractivity contribution is 9.10.